The summed E-state index contributed by atoms with van der Waals surface area (Å²) < 4.78 is 5.21. The van der Waals surface area contributed by atoms with Crippen molar-refractivity contribution in [1.29, 1.82) is 0 Å². The highest BCUT2D eigenvalue weighted by molar-refractivity contribution is 7.18. The van der Waals surface area contributed by atoms with E-state index in [9.17, 15) is 19.2 Å². The van der Waals surface area contributed by atoms with E-state index in [1.165, 1.54) is 16.2 Å². The van der Waals surface area contributed by atoms with E-state index in [-0.39, 0.29) is 48.2 Å². The lowest BCUT2D eigenvalue weighted by Gasteiger charge is -2.19. The van der Waals surface area contributed by atoms with Crippen molar-refractivity contribution >= 4 is 39.3 Å². The Morgan fingerprint density at radius 1 is 1.10 bits per heavy atom. The van der Waals surface area contributed by atoms with Crippen molar-refractivity contribution in [1.82, 2.24) is 14.9 Å². The molecule has 0 bridgehead atoms. The molecular weight excluding hydrogens is 394 g/mol. The minimum absolute atomic E-state index is 0.199. The van der Waals surface area contributed by atoms with Gasteiger partial charge < -0.3 is 9.72 Å². The fourth-order valence-electron chi connectivity index (χ4n) is 4.83. The molecule has 0 unspecified atom stereocenters. The summed E-state index contributed by atoms with van der Waals surface area (Å²) in [4.78, 5) is 59.6. The summed E-state index contributed by atoms with van der Waals surface area (Å²) in [5.74, 6) is -1.52. The number of thiophene rings is 1. The van der Waals surface area contributed by atoms with Gasteiger partial charge in [0.25, 0.3) is 5.56 Å². The SMILES string of the molecule is O=C(CN1C(=O)[C@H]2CCCC[C@@H]2C1=O)OCc1nc2sc3c(c2c(=O)[nH]1)CCC3. The molecule has 152 valence electrons. The molecule has 2 amide bonds. The summed E-state index contributed by atoms with van der Waals surface area (Å²) in [7, 11) is 0. The molecule has 3 aliphatic rings. The number of hydrogen-bond donors (Lipinski definition) is 1. The number of aromatic amines is 1. The summed E-state index contributed by atoms with van der Waals surface area (Å²) in [6.07, 6.45) is 6.21. The lowest BCUT2D eigenvalue weighted by Crippen LogP contribution is -2.36. The third-order valence-electron chi connectivity index (χ3n) is 6.21. The number of aryl methyl sites for hydroxylation is 2. The Kier molecular flexibility index (Phi) is 4.49. The zero-order chi connectivity index (χ0) is 20.1. The zero-order valence-corrected chi connectivity index (χ0v) is 16.7. The number of H-pyrrole nitrogens is 1. The minimum Gasteiger partial charge on any atom is -0.456 e. The van der Waals surface area contributed by atoms with Crippen LogP contribution in [0.25, 0.3) is 10.2 Å². The van der Waals surface area contributed by atoms with Gasteiger partial charge in [0.2, 0.25) is 11.8 Å². The van der Waals surface area contributed by atoms with Crippen molar-refractivity contribution in [2.45, 2.75) is 51.6 Å². The molecule has 1 saturated heterocycles. The average Bonchev–Trinajstić information content (AvgIpc) is 3.35. The van der Waals surface area contributed by atoms with Crippen LogP contribution in [-0.4, -0.2) is 39.2 Å². The van der Waals surface area contributed by atoms with Crippen LogP contribution in [0.4, 0.5) is 0 Å². The number of amides is 2. The van der Waals surface area contributed by atoms with E-state index in [1.807, 2.05) is 0 Å². The molecule has 1 saturated carbocycles. The van der Waals surface area contributed by atoms with Gasteiger partial charge in [-0.2, -0.15) is 0 Å². The number of aromatic nitrogens is 2. The van der Waals surface area contributed by atoms with Gasteiger partial charge in [-0.25, -0.2) is 4.98 Å². The lowest BCUT2D eigenvalue weighted by atomic mass is 9.81. The van der Waals surface area contributed by atoms with Gasteiger partial charge >= 0.3 is 5.97 Å². The van der Waals surface area contributed by atoms with Gasteiger partial charge in [0.05, 0.1) is 17.2 Å². The predicted molar refractivity (Wildman–Crippen MR) is 104 cm³/mol. The van der Waals surface area contributed by atoms with Gasteiger partial charge in [-0.3, -0.25) is 24.1 Å². The maximum atomic E-state index is 12.5. The van der Waals surface area contributed by atoms with Crippen LogP contribution >= 0.6 is 11.3 Å². The maximum absolute atomic E-state index is 12.5. The first-order chi connectivity index (χ1) is 14.0. The van der Waals surface area contributed by atoms with Crippen LogP contribution in [-0.2, 0) is 38.6 Å². The molecule has 5 rings (SSSR count). The summed E-state index contributed by atoms with van der Waals surface area (Å²) in [6, 6.07) is 0. The minimum atomic E-state index is -0.679. The van der Waals surface area contributed by atoms with E-state index in [0.717, 1.165) is 42.6 Å². The molecule has 2 aromatic heterocycles. The van der Waals surface area contributed by atoms with Crippen molar-refractivity contribution in [3.63, 3.8) is 0 Å². The Bertz CT molecular complexity index is 1060. The predicted octanol–water partition coefficient (Wildman–Crippen LogP) is 1.69. The molecule has 2 aliphatic carbocycles. The molecule has 2 fully saturated rings. The van der Waals surface area contributed by atoms with Crippen molar-refractivity contribution < 1.29 is 19.1 Å². The Morgan fingerprint density at radius 3 is 2.55 bits per heavy atom. The van der Waals surface area contributed by atoms with Crippen molar-refractivity contribution in [2.24, 2.45) is 11.8 Å². The van der Waals surface area contributed by atoms with Crippen LogP contribution in [0.15, 0.2) is 4.79 Å². The summed E-state index contributed by atoms with van der Waals surface area (Å²) >= 11 is 1.52. The fraction of sp³-hybridized carbons (Fsp3) is 0.550. The van der Waals surface area contributed by atoms with Crippen LogP contribution in [0.1, 0.15) is 48.4 Å². The van der Waals surface area contributed by atoms with E-state index >= 15 is 0 Å². The highest BCUT2D eigenvalue weighted by Gasteiger charge is 2.48. The average molecular weight is 415 g/mol. The lowest BCUT2D eigenvalue weighted by molar-refractivity contribution is -0.154. The highest BCUT2D eigenvalue weighted by atomic mass is 32.1. The van der Waals surface area contributed by atoms with Crippen molar-refractivity contribution in [2.75, 3.05) is 6.54 Å². The molecular formula is C20H21N3O5S. The maximum Gasteiger partial charge on any atom is 0.326 e. The third kappa shape index (κ3) is 3.08. The first-order valence-electron chi connectivity index (χ1n) is 10.1. The van der Waals surface area contributed by atoms with E-state index < -0.39 is 5.97 Å². The van der Waals surface area contributed by atoms with Crippen LogP contribution in [0.2, 0.25) is 0 Å². The van der Waals surface area contributed by atoms with E-state index in [4.69, 9.17) is 4.74 Å². The number of likely N-dealkylation sites (tertiary alicyclic amines) is 1. The number of carbonyl (C=O) groups is 3. The van der Waals surface area contributed by atoms with Crippen LogP contribution in [0.5, 0.6) is 0 Å². The summed E-state index contributed by atoms with van der Waals surface area (Å²) in [5.41, 5.74) is 0.879. The number of imide groups is 1. The molecule has 1 aliphatic heterocycles. The molecule has 9 heteroatoms. The quantitative estimate of drug-likeness (QED) is 0.601. The molecule has 0 spiro atoms. The molecule has 2 aromatic rings. The number of hydrogen-bond acceptors (Lipinski definition) is 7. The van der Waals surface area contributed by atoms with E-state index in [2.05, 4.69) is 9.97 Å². The first-order valence-corrected chi connectivity index (χ1v) is 10.9. The smallest absolute Gasteiger partial charge is 0.326 e. The molecule has 3 heterocycles. The molecule has 29 heavy (non-hydrogen) atoms. The molecule has 1 N–H and O–H groups in total. The molecule has 0 radical (unpaired) electrons. The van der Waals surface area contributed by atoms with Gasteiger partial charge in [0.15, 0.2) is 0 Å². The number of esters is 1. The van der Waals surface area contributed by atoms with Gasteiger partial charge in [0, 0.05) is 4.88 Å². The Morgan fingerprint density at radius 2 is 1.83 bits per heavy atom. The normalized spacial score (nSPS) is 23.5. The fourth-order valence-corrected chi connectivity index (χ4v) is 6.11. The van der Waals surface area contributed by atoms with Crippen molar-refractivity contribution in [3.8, 4) is 0 Å². The monoisotopic (exact) mass is 415 g/mol. The Balaban J connectivity index is 1.26. The van der Waals surface area contributed by atoms with Gasteiger partial charge in [-0.15, -0.1) is 11.3 Å². The van der Waals surface area contributed by atoms with Gasteiger partial charge in [0.1, 0.15) is 23.8 Å². The zero-order valence-electron chi connectivity index (χ0n) is 15.9. The second-order valence-corrected chi connectivity index (χ2v) is 9.05. The molecule has 2 atom stereocenters. The number of nitrogens with zero attached hydrogens (tertiary/aromatic N) is 2. The van der Waals surface area contributed by atoms with E-state index in [1.54, 1.807) is 0 Å². The third-order valence-corrected chi connectivity index (χ3v) is 7.40. The van der Waals surface area contributed by atoms with Crippen LogP contribution < -0.4 is 5.56 Å². The molecule has 8 nitrogen and oxygen atoms in total. The number of nitrogens with one attached hydrogen (secondary N) is 1. The number of carbonyl (C=O) groups excluding carboxylic acids is 3. The largest absolute Gasteiger partial charge is 0.456 e. The van der Waals surface area contributed by atoms with Crippen LogP contribution in [0.3, 0.4) is 0 Å². The first kappa shape index (κ1) is 18.5. The van der Waals surface area contributed by atoms with Gasteiger partial charge in [-0.1, -0.05) is 12.8 Å². The topological polar surface area (TPSA) is 109 Å². The highest BCUT2D eigenvalue weighted by Crippen LogP contribution is 2.38. The number of fused-ring (bicyclic) bond motifs is 4. The second kappa shape index (κ2) is 7.05. The summed E-state index contributed by atoms with van der Waals surface area (Å²) in [5, 5.41) is 0.647. The standard InChI is InChI=1S/C20H21N3O5S/c24-15(8-23-19(26)10-4-1-2-5-11(10)20(23)27)28-9-14-21-17(25)16-12-6-3-7-13(12)29-18(16)22-14/h10-11H,1-9H2,(H,21,22,25)/t10-,11-/m0/s1. The van der Waals surface area contributed by atoms with Gasteiger partial charge in [-0.05, 0) is 37.7 Å². The summed E-state index contributed by atoms with van der Waals surface area (Å²) in [6.45, 7) is -0.583. The molecule has 0 aromatic carbocycles. The van der Waals surface area contributed by atoms with Crippen LogP contribution in [0, 0.1) is 11.8 Å². The number of ether oxygens (including phenoxy) is 1. The van der Waals surface area contributed by atoms with Crippen molar-refractivity contribution in [3.05, 3.63) is 26.6 Å². The second-order valence-electron chi connectivity index (χ2n) is 7.97. The Hall–Kier alpha value is -2.55. The number of rotatable bonds is 4. The van der Waals surface area contributed by atoms with E-state index in [0.29, 0.717) is 23.1 Å². The Labute approximate surface area is 170 Å².